The van der Waals surface area contributed by atoms with Gasteiger partial charge in [0.1, 0.15) is 0 Å². The lowest BCUT2D eigenvalue weighted by atomic mass is 9.67. The molecule has 0 bridgehead atoms. The lowest BCUT2D eigenvalue weighted by molar-refractivity contribution is -0.114. The molecule has 2 rings (SSSR count). The first-order valence-corrected chi connectivity index (χ1v) is 9.37. The number of benzene rings is 1. The summed E-state index contributed by atoms with van der Waals surface area (Å²) in [6, 6.07) is 7.94. The number of amides is 1. The smallest absolute Gasteiger partial charge is 0.221 e. The maximum Gasteiger partial charge on any atom is 0.221 e. The molecule has 1 aromatic carbocycles. The van der Waals surface area contributed by atoms with Gasteiger partial charge in [0.25, 0.3) is 0 Å². The number of hydrogen-bond acceptors (Lipinski definition) is 3. The maximum atomic E-state index is 11.0. The Kier molecular flexibility index (Phi) is 7.91. The zero-order valence-corrected chi connectivity index (χ0v) is 16.2. The van der Waals surface area contributed by atoms with Crippen LogP contribution in [-0.2, 0) is 16.0 Å². The van der Waals surface area contributed by atoms with Gasteiger partial charge in [-0.3, -0.25) is 9.79 Å². The fraction of sp³-hybridized carbons (Fsp3) is 0.600. The Morgan fingerprint density at radius 2 is 1.96 bits per heavy atom. The van der Waals surface area contributed by atoms with Crippen molar-refractivity contribution in [1.29, 1.82) is 0 Å². The van der Waals surface area contributed by atoms with Gasteiger partial charge in [0.05, 0.1) is 0 Å². The van der Waals surface area contributed by atoms with Crippen LogP contribution >= 0.6 is 0 Å². The number of carbonyl (C=O) groups is 1. The van der Waals surface area contributed by atoms with E-state index in [4.69, 9.17) is 4.74 Å². The van der Waals surface area contributed by atoms with Crippen LogP contribution in [0.3, 0.4) is 0 Å². The van der Waals surface area contributed by atoms with Gasteiger partial charge in [-0.05, 0) is 48.8 Å². The molecule has 26 heavy (non-hydrogen) atoms. The second kappa shape index (κ2) is 10.2. The summed E-state index contributed by atoms with van der Waals surface area (Å²) in [5.41, 5.74) is 2.42. The van der Waals surface area contributed by atoms with Gasteiger partial charge in [0.15, 0.2) is 5.96 Å². The first-order valence-electron chi connectivity index (χ1n) is 9.37. The third kappa shape index (κ3) is 6.33. The van der Waals surface area contributed by atoms with E-state index in [0.29, 0.717) is 5.41 Å². The summed E-state index contributed by atoms with van der Waals surface area (Å²) in [4.78, 5) is 15.4. The summed E-state index contributed by atoms with van der Waals surface area (Å²) in [5, 5.41) is 9.63. The van der Waals surface area contributed by atoms with Crippen LogP contribution in [0.2, 0.25) is 0 Å². The number of nitrogens with zero attached hydrogens (tertiary/aromatic N) is 1. The Morgan fingerprint density at radius 3 is 2.50 bits per heavy atom. The van der Waals surface area contributed by atoms with Gasteiger partial charge < -0.3 is 20.7 Å². The van der Waals surface area contributed by atoms with E-state index >= 15 is 0 Å². The van der Waals surface area contributed by atoms with E-state index in [9.17, 15) is 4.79 Å². The van der Waals surface area contributed by atoms with E-state index in [2.05, 4.69) is 20.9 Å². The lowest BCUT2D eigenvalue weighted by Crippen LogP contribution is -2.47. The van der Waals surface area contributed by atoms with Crippen LogP contribution in [0.25, 0.3) is 0 Å². The quantitative estimate of drug-likeness (QED) is 0.467. The molecule has 1 aromatic rings. The third-order valence-electron chi connectivity index (χ3n) is 5.09. The molecule has 0 heterocycles. The summed E-state index contributed by atoms with van der Waals surface area (Å²) in [7, 11) is 3.57. The van der Waals surface area contributed by atoms with E-state index in [1.807, 2.05) is 24.3 Å². The fourth-order valence-corrected chi connectivity index (χ4v) is 3.29. The molecule has 6 nitrogen and oxygen atoms in total. The highest BCUT2D eigenvalue weighted by molar-refractivity contribution is 5.88. The Balaban J connectivity index is 1.72. The minimum absolute atomic E-state index is 0.0518. The maximum absolute atomic E-state index is 11.0. The number of ether oxygens (including phenoxy) is 1. The van der Waals surface area contributed by atoms with Crippen molar-refractivity contribution in [3.8, 4) is 0 Å². The van der Waals surface area contributed by atoms with Gasteiger partial charge >= 0.3 is 0 Å². The monoisotopic (exact) mass is 360 g/mol. The Bertz CT molecular complexity index is 594. The topological polar surface area (TPSA) is 74.8 Å². The molecule has 1 aliphatic rings. The second-order valence-electron chi connectivity index (χ2n) is 7.08. The van der Waals surface area contributed by atoms with Crippen molar-refractivity contribution in [2.45, 2.75) is 39.0 Å². The molecule has 0 spiro atoms. The molecule has 0 unspecified atom stereocenters. The van der Waals surface area contributed by atoms with Crippen LogP contribution in [0.15, 0.2) is 29.3 Å². The van der Waals surface area contributed by atoms with Crippen LogP contribution in [0.4, 0.5) is 5.69 Å². The average molecular weight is 361 g/mol. The summed E-state index contributed by atoms with van der Waals surface area (Å²) in [6.45, 7) is 4.09. The molecule has 1 fully saturated rings. The Morgan fingerprint density at radius 1 is 1.23 bits per heavy atom. The number of guanidine groups is 1. The summed E-state index contributed by atoms with van der Waals surface area (Å²) in [6.07, 6.45) is 5.85. The molecule has 0 aromatic heterocycles. The number of hydrogen-bond donors (Lipinski definition) is 3. The summed E-state index contributed by atoms with van der Waals surface area (Å²) < 4.78 is 5.25. The third-order valence-corrected chi connectivity index (χ3v) is 5.09. The largest absolute Gasteiger partial charge is 0.385 e. The van der Waals surface area contributed by atoms with Crippen LogP contribution in [0.1, 0.15) is 38.2 Å². The standard InChI is InChI=1S/C20H32N4O2/c1-16(25)24-18-7-5-17(6-8-18)9-13-22-19(21-2)23-15-20(10-4-11-20)12-14-26-3/h5-8H,4,9-15H2,1-3H3,(H,24,25)(H2,21,22,23). The Hall–Kier alpha value is -2.08. The van der Waals surface area contributed by atoms with Crippen molar-refractivity contribution in [2.75, 3.05) is 39.2 Å². The first kappa shape index (κ1) is 20.2. The fourth-order valence-electron chi connectivity index (χ4n) is 3.29. The van der Waals surface area contributed by atoms with E-state index < -0.39 is 0 Å². The zero-order chi connectivity index (χ0) is 18.8. The molecule has 1 saturated carbocycles. The molecule has 0 atom stereocenters. The number of nitrogens with one attached hydrogen (secondary N) is 3. The molecular formula is C20H32N4O2. The number of methoxy groups -OCH3 is 1. The number of aliphatic imine (C=N–C) groups is 1. The molecule has 0 aliphatic heterocycles. The number of anilines is 1. The molecule has 1 aliphatic carbocycles. The second-order valence-corrected chi connectivity index (χ2v) is 7.08. The van der Waals surface area contributed by atoms with Gasteiger partial charge in [-0.15, -0.1) is 0 Å². The van der Waals surface area contributed by atoms with Crippen molar-refractivity contribution in [3.05, 3.63) is 29.8 Å². The average Bonchev–Trinajstić information content (AvgIpc) is 2.60. The molecule has 1 amide bonds. The molecule has 3 N–H and O–H groups in total. The zero-order valence-electron chi connectivity index (χ0n) is 16.2. The van der Waals surface area contributed by atoms with E-state index in [-0.39, 0.29) is 5.91 Å². The van der Waals surface area contributed by atoms with Crippen molar-refractivity contribution in [3.63, 3.8) is 0 Å². The van der Waals surface area contributed by atoms with Crippen LogP contribution in [0, 0.1) is 5.41 Å². The highest BCUT2D eigenvalue weighted by Gasteiger charge is 2.36. The van der Waals surface area contributed by atoms with E-state index in [1.165, 1.54) is 31.7 Å². The molecule has 144 valence electrons. The van der Waals surface area contributed by atoms with Gasteiger partial charge in [0.2, 0.25) is 5.91 Å². The normalized spacial score (nSPS) is 15.9. The van der Waals surface area contributed by atoms with E-state index in [0.717, 1.165) is 44.2 Å². The molecule has 0 radical (unpaired) electrons. The van der Waals surface area contributed by atoms with Gasteiger partial charge in [-0.1, -0.05) is 18.6 Å². The first-order chi connectivity index (χ1) is 12.6. The number of carbonyl (C=O) groups excluding carboxylic acids is 1. The minimum Gasteiger partial charge on any atom is -0.385 e. The predicted molar refractivity (Wildman–Crippen MR) is 107 cm³/mol. The number of rotatable bonds is 9. The summed E-state index contributed by atoms with van der Waals surface area (Å²) >= 11 is 0. The van der Waals surface area contributed by atoms with Gasteiger partial charge in [0, 0.05) is 46.5 Å². The SMILES string of the molecule is CN=C(NCCc1ccc(NC(C)=O)cc1)NCC1(CCOC)CCC1. The molecule has 6 heteroatoms. The van der Waals surface area contributed by atoms with E-state index in [1.54, 1.807) is 14.2 Å². The van der Waals surface area contributed by atoms with Gasteiger partial charge in [-0.25, -0.2) is 0 Å². The van der Waals surface area contributed by atoms with Crippen LogP contribution in [0.5, 0.6) is 0 Å². The van der Waals surface area contributed by atoms with Crippen molar-refractivity contribution >= 4 is 17.6 Å². The molecule has 0 saturated heterocycles. The Labute approximate surface area is 156 Å². The predicted octanol–water partition coefficient (Wildman–Crippen LogP) is 2.56. The minimum atomic E-state index is -0.0518. The summed E-state index contributed by atoms with van der Waals surface area (Å²) in [5.74, 6) is 0.799. The lowest BCUT2D eigenvalue weighted by Gasteiger charge is -2.42. The molecular weight excluding hydrogens is 328 g/mol. The highest BCUT2D eigenvalue weighted by atomic mass is 16.5. The van der Waals surface area contributed by atoms with Crippen LogP contribution in [-0.4, -0.2) is 45.7 Å². The van der Waals surface area contributed by atoms with Crippen molar-refractivity contribution < 1.29 is 9.53 Å². The van der Waals surface area contributed by atoms with Crippen molar-refractivity contribution in [1.82, 2.24) is 10.6 Å². The van der Waals surface area contributed by atoms with Crippen molar-refractivity contribution in [2.24, 2.45) is 10.4 Å². The van der Waals surface area contributed by atoms with Crippen LogP contribution < -0.4 is 16.0 Å². The van der Waals surface area contributed by atoms with Gasteiger partial charge in [-0.2, -0.15) is 0 Å². The highest BCUT2D eigenvalue weighted by Crippen LogP contribution is 2.43.